The minimum atomic E-state index is -0.733. The third-order valence-corrected chi connectivity index (χ3v) is 8.35. The normalized spacial score (nSPS) is 49.0. The first kappa shape index (κ1) is 17.0. The topological polar surface area (TPSA) is 60.7 Å². The molecule has 3 nitrogen and oxygen atoms in total. The van der Waals surface area contributed by atoms with Gasteiger partial charge >= 0.3 is 0 Å². The Labute approximate surface area is 155 Å². The maximum absolute atomic E-state index is 11.6. The summed E-state index contributed by atoms with van der Waals surface area (Å²) in [6, 6.07) is 10.5. The van der Waals surface area contributed by atoms with Gasteiger partial charge in [0.1, 0.15) is 0 Å². The number of aliphatic hydroxyl groups excluding tert-OH is 2. The van der Waals surface area contributed by atoms with E-state index in [-0.39, 0.29) is 23.9 Å². The maximum atomic E-state index is 11.6. The van der Waals surface area contributed by atoms with E-state index in [0.29, 0.717) is 5.92 Å². The molecule has 4 aliphatic rings. The molecule has 26 heavy (non-hydrogen) atoms. The molecule has 0 spiro atoms. The molecule has 3 fully saturated rings. The Kier molecular flexibility index (Phi) is 3.55. The number of hydrogen-bond acceptors (Lipinski definition) is 3. The summed E-state index contributed by atoms with van der Waals surface area (Å²) in [6.07, 6.45) is 7.00. The Bertz CT molecular complexity index is 739. The van der Waals surface area contributed by atoms with Gasteiger partial charge in [-0.2, -0.15) is 0 Å². The van der Waals surface area contributed by atoms with Gasteiger partial charge in [-0.15, -0.1) is 0 Å². The molecule has 1 aromatic rings. The van der Waals surface area contributed by atoms with E-state index in [2.05, 4.69) is 37.3 Å². The first-order valence-corrected chi connectivity index (χ1v) is 10.2. The van der Waals surface area contributed by atoms with Crippen LogP contribution in [0.5, 0.6) is 0 Å². The fraction of sp³-hybridized carbons (Fsp3) is 0.652. The highest BCUT2D eigenvalue weighted by molar-refractivity contribution is 5.33. The molecule has 3 heteroatoms. The molecular formula is C23H30O3. The largest absolute Gasteiger partial charge is 0.396 e. The van der Waals surface area contributed by atoms with E-state index in [1.807, 2.05) is 6.07 Å². The molecule has 0 saturated heterocycles. The Hall–Kier alpha value is -1.16. The van der Waals surface area contributed by atoms with Gasteiger partial charge in [0.05, 0.1) is 18.3 Å². The lowest BCUT2D eigenvalue weighted by atomic mass is 9.51. The van der Waals surface area contributed by atoms with E-state index in [4.69, 9.17) is 0 Å². The van der Waals surface area contributed by atoms with E-state index >= 15 is 0 Å². The van der Waals surface area contributed by atoms with Gasteiger partial charge in [0.15, 0.2) is 0 Å². The van der Waals surface area contributed by atoms with Crippen LogP contribution >= 0.6 is 0 Å². The van der Waals surface area contributed by atoms with Gasteiger partial charge in [0.2, 0.25) is 0 Å². The van der Waals surface area contributed by atoms with Crippen LogP contribution in [-0.4, -0.2) is 33.6 Å². The maximum Gasteiger partial charge on any atom is 0.0694 e. The van der Waals surface area contributed by atoms with Crippen LogP contribution in [0.4, 0.5) is 0 Å². The van der Waals surface area contributed by atoms with Gasteiger partial charge in [-0.25, -0.2) is 0 Å². The van der Waals surface area contributed by atoms with Crippen molar-refractivity contribution in [3.8, 4) is 0 Å². The lowest BCUT2D eigenvalue weighted by Gasteiger charge is -2.57. The van der Waals surface area contributed by atoms with Crippen molar-refractivity contribution in [2.24, 2.45) is 28.6 Å². The summed E-state index contributed by atoms with van der Waals surface area (Å²) in [4.78, 5) is 0. The summed E-state index contributed by atoms with van der Waals surface area (Å²) in [7, 11) is 0. The van der Waals surface area contributed by atoms with Crippen molar-refractivity contribution in [2.45, 2.75) is 57.2 Å². The van der Waals surface area contributed by atoms with Gasteiger partial charge < -0.3 is 15.3 Å². The van der Waals surface area contributed by atoms with Crippen LogP contribution in [0.2, 0.25) is 0 Å². The molecule has 5 rings (SSSR count). The van der Waals surface area contributed by atoms with E-state index in [0.717, 1.165) is 38.5 Å². The average Bonchev–Trinajstić information content (AvgIpc) is 2.54. The van der Waals surface area contributed by atoms with E-state index in [1.165, 1.54) is 11.1 Å². The molecule has 0 aromatic heterocycles. The number of allylic oxidation sites excluding steroid dienone is 1. The highest BCUT2D eigenvalue weighted by Gasteiger charge is 2.69. The number of benzene rings is 1. The van der Waals surface area contributed by atoms with Crippen LogP contribution in [0, 0.1) is 28.6 Å². The Morgan fingerprint density at radius 2 is 1.92 bits per heavy atom. The molecule has 140 valence electrons. The number of rotatable bonds is 3. The molecule has 0 amide bonds. The molecule has 3 N–H and O–H groups in total. The summed E-state index contributed by atoms with van der Waals surface area (Å²) < 4.78 is 0. The summed E-state index contributed by atoms with van der Waals surface area (Å²) in [6.45, 7) is 2.25. The fourth-order valence-corrected chi connectivity index (χ4v) is 7.46. The zero-order valence-corrected chi connectivity index (χ0v) is 15.6. The predicted molar refractivity (Wildman–Crippen MR) is 100 cm³/mol. The van der Waals surface area contributed by atoms with Gasteiger partial charge in [0, 0.05) is 11.3 Å². The third-order valence-electron chi connectivity index (χ3n) is 8.35. The predicted octanol–water partition coefficient (Wildman–Crippen LogP) is 3.09. The number of aliphatic hydroxyl groups is 3. The molecule has 1 aromatic carbocycles. The first-order valence-electron chi connectivity index (χ1n) is 10.2. The Morgan fingerprint density at radius 1 is 1.15 bits per heavy atom. The number of fused-ring (bicyclic) bond motifs is 4. The average molecular weight is 354 g/mol. The van der Waals surface area contributed by atoms with Crippen molar-refractivity contribution in [1.29, 1.82) is 0 Å². The minimum Gasteiger partial charge on any atom is -0.396 e. The van der Waals surface area contributed by atoms with Gasteiger partial charge in [-0.1, -0.05) is 48.9 Å². The lowest BCUT2D eigenvalue weighted by molar-refractivity contribution is -0.195. The van der Waals surface area contributed by atoms with E-state index in [9.17, 15) is 15.3 Å². The van der Waals surface area contributed by atoms with Crippen molar-refractivity contribution in [1.82, 2.24) is 0 Å². The van der Waals surface area contributed by atoms with Crippen LogP contribution < -0.4 is 0 Å². The van der Waals surface area contributed by atoms with Crippen LogP contribution in [0.25, 0.3) is 0 Å². The zero-order valence-electron chi connectivity index (χ0n) is 15.6. The van der Waals surface area contributed by atoms with Crippen LogP contribution in [0.1, 0.15) is 44.6 Å². The molecule has 0 heterocycles. The van der Waals surface area contributed by atoms with E-state index in [1.54, 1.807) is 0 Å². The first-order chi connectivity index (χ1) is 12.4. The molecule has 3 saturated carbocycles. The van der Waals surface area contributed by atoms with Crippen LogP contribution in [0.3, 0.4) is 0 Å². The van der Waals surface area contributed by atoms with Crippen molar-refractivity contribution >= 4 is 0 Å². The Balaban J connectivity index is 1.62. The zero-order chi connectivity index (χ0) is 18.2. The monoisotopic (exact) mass is 354 g/mol. The second-order valence-corrected chi connectivity index (χ2v) is 9.91. The molecule has 7 atom stereocenters. The molecule has 3 bridgehead atoms. The highest BCUT2D eigenvalue weighted by atomic mass is 16.3. The summed E-state index contributed by atoms with van der Waals surface area (Å²) in [5.41, 5.74) is 1.26. The molecule has 0 unspecified atom stereocenters. The van der Waals surface area contributed by atoms with Crippen molar-refractivity contribution < 1.29 is 15.3 Å². The van der Waals surface area contributed by atoms with Crippen LogP contribution in [0.15, 0.2) is 42.0 Å². The summed E-state index contributed by atoms with van der Waals surface area (Å²) in [5, 5.41) is 33.5. The Morgan fingerprint density at radius 3 is 2.58 bits per heavy atom. The second kappa shape index (κ2) is 5.43. The van der Waals surface area contributed by atoms with Gasteiger partial charge in [-0.3, -0.25) is 0 Å². The third kappa shape index (κ3) is 2.11. The highest BCUT2D eigenvalue weighted by Crippen LogP contribution is 2.69. The van der Waals surface area contributed by atoms with Gasteiger partial charge in [-0.05, 0) is 61.3 Å². The minimum absolute atomic E-state index is 0.0169. The van der Waals surface area contributed by atoms with Crippen molar-refractivity contribution in [3.05, 3.63) is 47.5 Å². The molecule has 0 radical (unpaired) electrons. The number of hydrogen-bond donors (Lipinski definition) is 3. The fourth-order valence-electron chi connectivity index (χ4n) is 7.46. The lowest BCUT2D eigenvalue weighted by Crippen LogP contribution is -2.60. The molecule has 4 aliphatic carbocycles. The molecular weight excluding hydrogens is 324 g/mol. The summed E-state index contributed by atoms with van der Waals surface area (Å²) >= 11 is 0. The standard InChI is InChI=1S/C23H30O3/c1-21-11-16-10-17(9-15-5-3-2-4-6-15)19(21)20(25)22(14-24)8-7-18(22)23(26,12-16)13-21/h2-6,10,16,18-20,24-26H,7-9,11-14H2,1H3/t16-,18+,19-,20-,21+,22+,23+/m0/s1. The molecule has 0 aliphatic heterocycles. The van der Waals surface area contributed by atoms with Crippen molar-refractivity contribution in [2.75, 3.05) is 6.61 Å². The SMILES string of the molecule is C[C@]12C[C@@H]3C=C(Cc4ccccc4)[C@H]1[C@H](O)[C@@]1(CO)CC[C@H]1[C@@](O)(C3)C2. The van der Waals surface area contributed by atoms with Gasteiger partial charge in [0.25, 0.3) is 0 Å². The second-order valence-electron chi connectivity index (χ2n) is 9.91. The van der Waals surface area contributed by atoms with Crippen molar-refractivity contribution in [3.63, 3.8) is 0 Å². The quantitative estimate of drug-likeness (QED) is 0.731. The van der Waals surface area contributed by atoms with Crippen LogP contribution in [-0.2, 0) is 6.42 Å². The smallest absolute Gasteiger partial charge is 0.0694 e. The summed E-state index contributed by atoms with van der Waals surface area (Å²) in [5.74, 6) is 0.450. The van der Waals surface area contributed by atoms with E-state index < -0.39 is 17.1 Å².